The van der Waals surface area contributed by atoms with E-state index in [2.05, 4.69) is 9.47 Å². The summed E-state index contributed by atoms with van der Waals surface area (Å²) in [6, 6.07) is 0. The van der Waals surface area contributed by atoms with E-state index in [-0.39, 0.29) is 19.5 Å². The van der Waals surface area contributed by atoms with E-state index in [1.54, 1.807) is 0 Å². The van der Waals surface area contributed by atoms with Gasteiger partial charge < -0.3 is 10.2 Å². The van der Waals surface area contributed by atoms with Gasteiger partial charge in [-0.2, -0.15) is 35.1 Å². The molecule has 4 nitrogen and oxygen atoms in total. The Morgan fingerprint density at radius 1 is 0.692 bits per heavy atom. The molecule has 0 fully saturated rings. The minimum atomic E-state index is -7.03. The monoisotopic (exact) mass is 513 g/mol. The Balaban J connectivity index is -0.00000170. The van der Waals surface area contributed by atoms with Crippen LogP contribution in [0.5, 0.6) is 0 Å². The first-order valence-electron chi connectivity index (χ1n) is 5.45. The van der Waals surface area contributed by atoms with Crippen LogP contribution in [-0.2, 0) is 29.0 Å². The molecule has 0 aliphatic heterocycles. The number of alkyl halides is 12. The van der Waals surface area contributed by atoms with E-state index < -0.39 is 49.8 Å². The van der Waals surface area contributed by atoms with Crippen molar-refractivity contribution in [1.82, 2.24) is 0 Å². The second kappa shape index (κ2) is 9.71. The molecule has 0 amide bonds. The minimum Gasteiger partial charge on any atom is -0.400 e. The maximum atomic E-state index is 12.8. The van der Waals surface area contributed by atoms with Gasteiger partial charge >= 0.3 is 24.2 Å². The third-order valence-electron chi connectivity index (χ3n) is 1.96. The van der Waals surface area contributed by atoms with E-state index in [4.69, 9.17) is 10.2 Å². The van der Waals surface area contributed by atoms with Gasteiger partial charge in [-0.05, 0) is 0 Å². The second-order valence-electron chi connectivity index (χ2n) is 4.02. The van der Waals surface area contributed by atoms with Crippen LogP contribution in [-0.4, -0.2) is 60.2 Å². The Hall–Kier alpha value is -0.377. The van der Waals surface area contributed by atoms with Crippen LogP contribution in [0.4, 0.5) is 52.7 Å². The van der Waals surface area contributed by atoms with E-state index >= 15 is 0 Å². The van der Waals surface area contributed by atoms with Gasteiger partial charge in [0.15, 0.2) is 0 Å². The molecule has 17 heteroatoms. The SMILES string of the molecule is CC(F)(F)C(F)OC(OC(F)C(O)(F)F)(C(F)(F)F)C(F)(F)F.CO.[Rh]. The first-order chi connectivity index (χ1) is 10.8. The second-order valence-corrected chi connectivity index (χ2v) is 4.02. The van der Waals surface area contributed by atoms with Gasteiger partial charge in [0.05, 0.1) is 0 Å². The number of ether oxygens (including phenoxy) is 2. The summed E-state index contributed by atoms with van der Waals surface area (Å²) in [4.78, 5) is 0. The zero-order chi connectivity index (χ0) is 21.1. The summed E-state index contributed by atoms with van der Waals surface area (Å²) in [6.45, 7) is -0.511. The summed E-state index contributed by atoms with van der Waals surface area (Å²) >= 11 is 0. The molecule has 163 valence electrons. The molecule has 0 heterocycles. The zero-order valence-corrected chi connectivity index (χ0v) is 13.9. The normalized spacial score (nSPS) is 16.2. The van der Waals surface area contributed by atoms with Crippen LogP contribution in [0.3, 0.4) is 0 Å². The Bertz CT molecular complexity index is 363. The molecule has 0 bridgehead atoms. The van der Waals surface area contributed by atoms with Crippen molar-refractivity contribution in [2.75, 3.05) is 7.11 Å². The number of rotatable bonds is 6. The van der Waals surface area contributed by atoms with Crippen LogP contribution in [0.15, 0.2) is 0 Å². The molecule has 0 aliphatic carbocycles. The van der Waals surface area contributed by atoms with E-state index in [9.17, 15) is 52.7 Å². The van der Waals surface area contributed by atoms with Crippen molar-refractivity contribution in [2.45, 2.75) is 49.8 Å². The van der Waals surface area contributed by atoms with Crippen LogP contribution in [0.25, 0.3) is 0 Å². The van der Waals surface area contributed by atoms with Gasteiger partial charge in [0, 0.05) is 33.5 Å². The zero-order valence-electron chi connectivity index (χ0n) is 12.2. The Morgan fingerprint density at radius 2 is 0.962 bits per heavy atom. The Kier molecular flexibility index (Phi) is 11.3. The summed E-state index contributed by atoms with van der Waals surface area (Å²) in [5.41, 5.74) is 0. The summed E-state index contributed by atoms with van der Waals surface area (Å²) in [5, 5.41) is 14.7. The van der Waals surface area contributed by atoms with Crippen molar-refractivity contribution in [2.24, 2.45) is 0 Å². The largest absolute Gasteiger partial charge is 0.453 e. The summed E-state index contributed by atoms with van der Waals surface area (Å²) in [7, 11) is 1.00. The van der Waals surface area contributed by atoms with Crippen LogP contribution in [0.1, 0.15) is 6.92 Å². The maximum absolute atomic E-state index is 12.8. The number of aliphatic hydroxyl groups is 2. The van der Waals surface area contributed by atoms with Gasteiger partial charge in [0.1, 0.15) is 0 Å². The molecule has 2 atom stereocenters. The molecule has 0 saturated heterocycles. The fraction of sp³-hybridized carbons (Fsp3) is 1.00. The Labute approximate surface area is 149 Å². The van der Waals surface area contributed by atoms with E-state index in [1.165, 1.54) is 0 Å². The van der Waals surface area contributed by atoms with Gasteiger partial charge in [-0.15, -0.1) is 0 Å². The average molecular weight is 513 g/mol. The quantitative estimate of drug-likeness (QED) is 0.326. The third kappa shape index (κ3) is 7.70. The fourth-order valence-electron chi connectivity index (χ4n) is 0.922. The number of aliphatic hydroxyl groups excluding tert-OH is 1. The third-order valence-corrected chi connectivity index (χ3v) is 1.96. The van der Waals surface area contributed by atoms with Gasteiger partial charge in [-0.1, -0.05) is 0 Å². The van der Waals surface area contributed by atoms with Crippen molar-refractivity contribution in [3.05, 3.63) is 0 Å². The summed E-state index contributed by atoms with van der Waals surface area (Å²) in [5.74, 6) is -11.5. The molecule has 1 radical (unpaired) electrons. The van der Waals surface area contributed by atoms with Gasteiger partial charge in [0.25, 0.3) is 18.6 Å². The standard InChI is InChI=1S/C8H6F12O3.CH4O.Rh/c1-4(11,12)2(9)22-6(7(15,16)17,8(18,19)20)23-3(10)5(13,14)21;1-2;/h2-3,21H,1H3;2H,1H3;. The molecule has 0 aliphatic rings. The molecule has 2 N–H and O–H groups in total. The molecule has 26 heavy (non-hydrogen) atoms. The minimum absolute atomic E-state index is 0. The average Bonchev–Trinajstić information content (AvgIpc) is 2.34. The molecule has 0 rings (SSSR count). The van der Waals surface area contributed by atoms with Crippen molar-refractivity contribution in [1.29, 1.82) is 0 Å². The predicted molar refractivity (Wildman–Crippen MR) is 52.7 cm³/mol. The van der Waals surface area contributed by atoms with Crippen LogP contribution in [0, 0.1) is 0 Å². The molecular formula is C9H10F12O4Rh. The molecular weight excluding hydrogens is 503 g/mol. The van der Waals surface area contributed by atoms with Crippen LogP contribution >= 0.6 is 0 Å². The molecule has 0 aromatic heterocycles. The van der Waals surface area contributed by atoms with Gasteiger partial charge in [0.2, 0.25) is 0 Å². The predicted octanol–water partition coefficient (Wildman–Crippen LogP) is 3.28. The van der Waals surface area contributed by atoms with Crippen molar-refractivity contribution in [3.63, 3.8) is 0 Å². The van der Waals surface area contributed by atoms with E-state index in [0.717, 1.165) is 7.11 Å². The van der Waals surface area contributed by atoms with Crippen molar-refractivity contribution in [3.8, 4) is 0 Å². The van der Waals surface area contributed by atoms with Gasteiger partial charge in [-0.3, -0.25) is 9.47 Å². The maximum Gasteiger partial charge on any atom is 0.453 e. The summed E-state index contributed by atoms with van der Waals surface area (Å²) in [6.07, 6.45) is -29.7. The molecule has 0 spiro atoms. The number of hydrogen-bond donors (Lipinski definition) is 2. The van der Waals surface area contributed by atoms with Crippen LogP contribution < -0.4 is 0 Å². The molecule has 2 unspecified atom stereocenters. The van der Waals surface area contributed by atoms with Crippen LogP contribution in [0.2, 0.25) is 0 Å². The van der Waals surface area contributed by atoms with Gasteiger partial charge in [-0.25, -0.2) is 17.6 Å². The Morgan fingerprint density at radius 3 is 1.15 bits per heavy atom. The van der Waals surface area contributed by atoms with E-state index in [1.807, 2.05) is 0 Å². The van der Waals surface area contributed by atoms with Crippen molar-refractivity contribution >= 4 is 0 Å². The summed E-state index contributed by atoms with van der Waals surface area (Å²) < 4.78 is 154. The smallest absolute Gasteiger partial charge is 0.400 e. The molecule has 0 aromatic carbocycles. The first-order valence-corrected chi connectivity index (χ1v) is 5.45. The number of halogens is 12. The first kappa shape index (κ1) is 30.4. The van der Waals surface area contributed by atoms with E-state index in [0.29, 0.717) is 0 Å². The molecule has 0 saturated carbocycles. The van der Waals surface area contributed by atoms with Crippen molar-refractivity contribution < 1.29 is 91.8 Å². The topological polar surface area (TPSA) is 58.9 Å². The number of hydrogen-bond acceptors (Lipinski definition) is 4. The molecule has 0 aromatic rings. The fourth-order valence-corrected chi connectivity index (χ4v) is 0.922.